The van der Waals surface area contributed by atoms with Gasteiger partial charge in [-0.25, -0.2) is 9.37 Å². The molecule has 21 heavy (non-hydrogen) atoms. The number of imidazole rings is 1. The van der Waals surface area contributed by atoms with Crippen LogP contribution in [0.3, 0.4) is 0 Å². The monoisotopic (exact) mass is 298 g/mol. The number of nitrogens with zero attached hydrogens (tertiary/aromatic N) is 1. The number of nitrogens with one attached hydrogen (secondary N) is 1. The molecule has 2 aromatic carbocycles. The number of aldehydes is 1. The first-order chi connectivity index (χ1) is 10.3. The summed E-state index contributed by atoms with van der Waals surface area (Å²) in [5.41, 5.74) is 2.45. The maximum Gasteiger partial charge on any atom is 0.169 e. The van der Waals surface area contributed by atoms with Crippen molar-refractivity contribution in [3.05, 3.63) is 66.4 Å². The van der Waals surface area contributed by atoms with Crippen LogP contribution in [-0.4, -0.2) is 16.3 Å². The number of benzene rings is 2. The summed E-state index contributed by atoms with van der Waals surface area (Å²) in [6.07, 6.45) is 2.25. The van der Waals surface area contributed by atoms with Gasteiger partial charge in [0.15, 0.2) is 6.29 Å². The molecule has 0 saturated carbocycles. The number of halogens is 1. The van der Waals surface area contributed by atoms with E-state index in [1.54, 1.807) is 12.1 Å². The molecule has 0 aliphatic heterocycles. The molecule has 0 aliphatic rings. The van der Waals surface area contributed by atoms with E-state index >= 15 is 0 Å². The highest BCUT2D eigenvalue weighted by Gasteiger charge is 2.07. The first-order valence-corrected chi connectivity index (χ1v) is 7.10. The zero-order valence-electron chi connectivity index (χ0n) is 10.9. The fourth-order valence-electron chi connectivity index (χ4n) is 1.93. The van der Waals surface area contributed by atoms with Crippen LogP contribution in [0.2, 0.25) is 0 Å². The fourth-order valence-corrected chi connectivity index (χ4v) is 2.74. The third kappa shape index (κ3) is 3.03. The lowest BCUT2D eigenvalue weighted by Crippen LogP contribution is -1.83. The molecule has 0 amide bonds. The Balaban J connectivity index is 1.81. The van der Waals surface area contributed by atoms with E-state index in [9.17, 15) is 9.18 Å². The number of hydrogen-bond donors (Lipinski definition) is 1. The van der Waals surface area contributed by atoms with E-state index in [0.717, 1.165) is 22.3 Å². The SMILES string of the molecule is O=Cc1[nH]cnc1Sc1ccc(-c2ccc(F)cc2)cc1. The van der Waals surface area contributed by atoms with E-state index < -0.39 is 0 Å². The molecular weight excluding hydrogens is 287 g/mol. The van der Waals surface area contributed by atoms with Crippen LogP contribution in [0, 0.1) is 5.82 Å². The minimum absolute atomic E-state index is 0.245. The number of hydrogen-bond acceptors (Lipinski definition) is 3. The standard InChI is InChI=1S/C16H11FN2OS/c17-13-5-1-11(2-6-13)12-3-7-14(8-4-12)21-16-15(9-20)18-10-19-16/h1-10H,(H,18,19). The summed E-state index contributed by atoms with van der Waals surface area (Å²) in [4.78, 5) is 18.7. The van der Waals surface area contributed by atoms with Crippen LogP contribution in [-0.2, 0) is 0 Å². The maximum atomic E-state index is 12.9. The summed E-state index contributed by atoms with van der Waals surface area (Å²) in [7, 11) is 0. The van der Waals surface area contributed by atoms with Crippen LogP contribution in [0.15, 0.2) is 64.8 Å². The molecule has 0 aliphatic carbocycles. The van der Waals surface area contributed by atoms with Crippen LogP contribution in [0.25, 0.3) is 11.1 Å². The van der Waals surface area contributed by atoms with Crippen molar-refractivity contribution in [2.24, 2.45) is 0 Å². The van der Waals surface area contributed by atoms with Crippen LogP contribution in [0.5, 0.6) is 0 Å². The number of aromatic amines is 1. The van der Waals surface area contributed by atoms with Gasteiger partial charge in [0, 0.05) is 4.90 Å². The predicted molar refractivity (Wildman–Crippen MR) is 79.9 cm³/mol. The second-order valence-electron chi connectivity index (χ2n) is 4.37. The van der Waals surface area contributed by atoms with Gasteiger partial charge in [-0.3, -0.25) is 4.79 Å². The molecule has 0 spiro atoms. The van der Waals surface area contributed by atoms with Gasteiger partial charge in [0.25, 0.3) is 0 Å². The Kier molecular flexibility index (Phi) is 3.83. The van der Waals surface area contributed by atoms with Crippen molar-refractivity contribution in [1.29, 1.82) is 0 Å². The molecule has 0 bridgehead atoms. The number of aromatic nitrogens is 2. The Morgan fingerprint density at radius 1 is 1.00 bits per heavy atom. The molecule has 0 atom stereocenters. The third-order valence-corrected chi connectivity index (χ3v) is 4.02. The van der Waals surface area contributed by atoms with Gasteiger partial charge in [-0.1, -0.05) is 36.0 Å². The Labute approximate surface area is 125 Å². The normalized spacial score (nSPS) is 10.5. The first-order valence-electron chi connectivity index (χ1n) is 6.28. The molecular formula is C16H11FN2OS. The minimum atomic E-state index is -0.245. The molecule has 3 nitrogen and oxygen atoms in total. The van der Waals surface area contributed by atoms with Gasteiger partial charge >= 0.3 is 0 Å². The van der Waals surface area contributed by atoms with E-state index in [0.29, 0.717) is 10.7 Å². The average molecular weight is 298 g/mol. The molecule has 3 aromatic rings. The van der Waals surface area contributed by atoms with Gasteiger partial charge in [0.05, 0.1) is 6.33 Å². The highest BCUT2D eigenvalue weighted by atomic mass is 32.2. The zero-order valence-corrected chi connectivity index (χ0v) is 11.7. The van der Waals surface area contributed by atoms with Crippen molar-refractivity contribution in [3.63, 3.8) is 0 Å². The molecule has 5 heteroatoms. The molecule has 0 radical (unpaired) electrons. The molecule has 1 aromatic heterocycles. The molecule has 1 heterocycles. The largest absolute Gasteiger partial charge is 0.341 e. The Bertz CT molecular complexity index is 751. The lowest BCUT2D eigenvalue weighted by atomic mass is 10.1. The second kappa shape index (κ2) is 5.93. The Morgan fingerprint density at radius 3 is 2.24 bits per heavy atom. The summed E-state index contributed by atoms with van der Waals surface area (Å²) >= 11 is 1.42. The summed E-state index contributed by atoms with van der Waals surface area (Å²) in [6, 6.07) is 14.2. The Morgan fingerprint density at radius 2 is 1.62 bits per heavy atom. The van der Waals surface area contributed by atoms with Gasteiger partial charge in [0.2, 0.25) is 0 Å². The van der Waals surface area contributed by atoms with Gasteiger partial charge < -0.3 is 4.98 Å². The second-order valence-corrected chi connectivity index (χ2v) is 5.43. The maximum absolute atomic E-state index is 12.9. The summed E-state index contributed by atoms with van der Waals surface area (Å²) in [6.45, 7) is 0. The van der Waals surface area contributed by atoms with Crippen molar-refractivity contribution >= 4 is 18.0 Å². The van der Waals surface area contributed by atoms with E-state index in [1.807, 2.05) is 24.3 Å². The van der Waals surface area contributed by atoms with Crippen LogP contribution in [0.4, 0.5) is 4.39 Å². The van der Waals surface area contributed by atoms with Crippen LogP contribution < -0.4 is 0 Å². The average Bonchev–Trinajstić information content (AvgIpc) is 2.96. The van der Waals surface area contributed by atoms with E-state index in [1.165, 1.54) is 30.2 Å². The van der Waals surface area contributed by atoms with Gasteiger partial charge in [0.1, 0.15) is 16.5 Å². The minimum Gasteiger partial charge on any atom is -0.341 e. The molecule has 0 fully saturated rings. The molecule has 104 valence electrons. The first kappa shape index (κ1) is 13.6. The quantitative estimate of drug-likeness (QED) is 0.735. The van der Waals surface area contributed by atoms with E-state index in [2.05, 4.69) is 9.97 Å². The van der Waals surface area contributed by atoms with Crippen molar-refractivity contribution in [3.8, 4) is 11.1 Å². The highest BCUT2D eigenvalue weighted by Crippen LogP contribution is 2.29. The predicted octanol–water partition coefficient (Wildman–Crippen LogP) is 4.18. The van der Waals surface area contributed by atoms with Crippen LogP contribution in [0.1, 0.15) is 10.5 Å². The van der Waals surface area contributed by atoms with Crippen molar-refractivity contribution in [1.82, 2.24) is 9.97 Å². The van der Waals surface area contributed by atoms with Crippen molar-refractivity contribution < 1.29 is 9.18 Å². The van der Waals surface area contributed by atoms with Crippen LogP contribution >= 0.6 is 11.8 Å². The Hall–Kier alpha value is -2.40. The topological polar surface area (TPSA) is 45.8 Å². The number of rotatable bonds is 4. The fraction of sp³-hybridized carbons (Fsp3) is 0. The summed E-state index contributed by atoms with van der Waals surface area (Å²) < 4.78 is 12.9. The van der Waals surface area contributed by atoms with Crippen molar-refractivity contribution in [2.75, 3.05) is 0 Å². The van der Waals surface area contributed by atoms with Crippen molar-refractivity contribution in [2.45, 2.75) is 9.92 Å². The molecule has 3 rings (SSSR count). The number of H-pyrrole nitrogens is 1. The van der Waals surface area contributed by atoms with E-state index in [4.69, 9.17) is 0 Å². The number of carbonyl (C=O) groups is 1. The third-order valence-electron chi connectivity index (χ3n) is 3.00. The van der Waals surface area contributed by atoms with Gasteiger partial charge in [-0.15, -0.1) is 0 Å². The lowest BCUT2D eigenvalue weighted by Gasteiger charge is -2.04. The molecule has 1 N–H and O–H groups in total. The zero-order chi connectivity index (χ0) is 14.7. The molecule has 0 unspecified atom stereocenters. The highest BCUT2D eigenvalue weighted by molar-refractivity contribution is 7.99. The lowest BCUT2D eigenvalue weighted by molar-refractivity contribution is 0.111. The summed E-state index contributed by atoms with van der Waals surface area (Å²) in [5, 5.41) is 0.652. The smallest absolute Gasteiger partial charge is 0.169 e. The molecule has 0 saturated heterocycles. The van der Waals surface area contributed by atoms with E-state index in [-0.39, 0.29) is 5.82 Å². The summed E-state index contributed by atoms with van der Waals surface area (Å²) in [5.74, 6) is -0.245. The van der Waals surface area contributed by atoms with Gasteiger partial charge in [-0.05, 0) is 35.4 Å². The van der Waals surface area contributed by atoms with Gasteiger partial charge in [-0.2, -0.15) is 0 Å². The number of carbonyl (C=O) groups excluding carboxylic acids is 1.